The lowest BCUT2D eigenvalue weighted by molar-refractivity contribution is 0.0330. The highest BCUT2D eigenvalue weighted by molar-refractivity contribution is 7.98. The van der Waals surface area contributed by atoms with E-state index in [2.05, 4.69) is 16.1 Å². The average Bonchev–Trinajstić information content (AvgIpc) is 3.06. The number of aromatic nitrogens is 3. The Balaban J connectivity index is 1.59. The van der Waals surface area contributed by atoms with Crippen LogP contribution < -0.4 is 0 Å². The molecule has 0 spiro atoms. The third kappa shape index (κ3) is 4.00. The number of para-hydroxylation sites is 1. The van der Waals surface area contributed by atoms with Gasteiger partial charge >= 0.3 is 0 Å². The van der Waals surface area contributed by atoms with Crippen molar-refractivity contribution in [2.75, 3.05) is 26.3 Å². The molecule has 3 aromatic rings. The lowest BCUT2D eigenvalue weighted by Crippen LogP contribution is -2.36. The van der Waals surface area contributed by atoms with Gasteiger partial charge in [0.05, 0.1) is 31.0 Å². The van der Waals surface area contributed by atoms with Crippen molar-refractivity contribution in [2.24, 2.45) is 0 Å². The van der Waals surface area contributed by atoms with Crippen molar-refractivity contribution in [3.8, 4) is 0 Å². The highest BCUT2D eigenvalue weighted by atomic mass is 32.2. The maximum atomic E-state index is 5.42. The summed E-state index contributed by atoms with van der Waals surface area (Å²) in [5.41, 5.74) is 1.92. The van der Waals surface area contributed by atoms with Gasteiger partial charge in [-0.05, 0) is 13.0 Å². The SMILES string of the molecule is Cc1cc(CSc2nc(CN3CCOCC3)nc3ccccc23)no1. The summed E-state index contributed by atoms with van der Waals surface area (Å²) in [4.78, 5) is 11.9. The number of benzene rings is 1. The topological polar surface area (TPSA) is 64.3 Å². The van der Waals surface area contributed by atoms with E-state index in [4.69, 9.17) is 19.2 Å². The molecule has 7 heteroatoms. The summed E-state index contributed by atoms with van der Waals surface area (Å²) >= 11 is 1.68. The molecule has 2 aromatic heterocycles. The van der Waals surface area contributed by atoms with Crippen molar-refractivity contribution >= 4 is 22.7 Å². The average molecular weight is 356 g/mol. The predicted octanol–water partition coefficient (Wildman–Crippen LogP) is 3.05. The summed E-state index contributed by atoms with van der Waals surface area (Å²) in [6.07, 6.45) is 0. The van der Waals surface area contributed by atoms with Gasteiger partial charge in [0.1, 0.15) is 16.6 Å². The van der Waals surface area contributed by atoms with Crippen molar-refractivity contribution in [1.29, 1.82) is 0 Å². The maximum Gasteiger partial charge on any atom is 0.144 e. The van der Waals surface area contributed by atoms with Gasteiger partial charge in [-0.3, -0.25) is 4.90 Å². The molecule has 0 saturated carbocycles. The van der Waals surface area contributed by atoms with Gasteiger partial charge in [-0.2, -0.15) is 0 Å². The van der Waals surface area contributed by atoms with Crippen molar-refractivity contribution in [3.05, 3.63) is 47.6 Å². The molecule has 4 rings (SSSR count). The molecule has 0 N–H and O–H groups in total. The van der Waals surface area contributed by atoms with E-state index in [0.29, 0.717) is 0 Å². The van der Waals surface area contributed by atoms with Crippen LogP contribution in [0.25, 0.3) is 10.9 Å². The summed E-state index contributed by atoms with van der Waals surface area (Å²) in [7, 11) is 0. The van der Waals surface area contributed by atoms with E-state index >= 15 is 0 Å². The fourth-order valence-corrected chi connectivity index (χ4v) is 3.78. The maximum absolute atomic E-state index is 5.42. The first kappa shape index (κ1) is 16.5. The molecular weight excluding hydrogens is 336 g/mol. The second-order valence-electron chi connectivity index (χ2n) is 6.07. The first-order valence-electron chi connectivity index (χ1n) is 8.39. The highest BCUT2D eigenvalue weighted by Gasteiger charge is 2.15. The molecule has 25 heavy (non-hydrogen) atoms. The molecule has 6 nitrogen and oxygen atoms in total. The molecule has 130 valence electrons. The second kappa shape index (κ2) is 7.51. The number of aryl methyl sites for hydroxylation is 1. The van der Waals surface area contributed by atoms with Crippen molar-refractivity contribution < 1.29 is 9.26 Å². The van der Waals surface area contributed by atoms with E-state index in [1.165, 1.54) is 0 Å². The van der Waals surface area contributed by atoms with Crippen LogP contribution in [-0.2, 0) is 17.0 Å². The Morgan fingerprint density at radius 3 is 2.80 bits per heavy atom. The monoisotopic (exact) mass is 356 g/mol. The Labute approximate surface area is 150 Å². The number of thioether (sulfide) groups is 1. The van der Waals surface area contributed by atoms with E-state index in [0.717, 1.165) is 71.8 Å². The zero-order chi connectivity index (χ0) is 17.1. The molecule has 1 fully saturated rings. The predicted molar refractivity (Wildman–Crippen MR) is 96.4 cm³/mol. The van der Waals surface area contributed by atoms with Gasteiger partial charge in [-0.25, -0.2) is 9.97 Å². The van der Waals surface area contributed by atoms with Crippen molar-refractivity contribution in [2.45, 2.75) is 24.2 Å². The van der Waals surface area contributed by atoms with Crippen LogP contribution in [0.15, 0.2) is 39.9 Å². The van der Waals surface area contributed by atoms with Crippen LogP contribution in [0.4, 0.5) is 0 Å². The van der Waals surface area contributed by atoms with Crippen LogP contribution in [0, 0.1) is 6.92 Å². The standard InChI is InChI=1S/C18H20N4O2S/c1-13-10-14(21-24-13)12-25-18-15-4-2-3-5-16(15)19-17(20-18)11-22-6-8-23-9-7-22/h2-5,10H,6-9,11-12H2,1H3. The van der Waals surface area contributed by atoms with Crippen LogP contribution in [0.2, 0.25) is 0 Å². The fraction of sp³-hybridized carbons (Fsp3) is 0.389. The number of fused-ring (bicyclic) bond motifs is 1. The largest absolute Gasteiger partial charge is 0.379 e. The third-order valence-electron chi connectivity index (χ3n) is 4.12. The highest BCUT2D eigenvalue weighted by Crippen LogP contribution is 2.28. The molecule has 0 radical (unpaired) electrons. The van der Waals surface area contributed by atoms with Crippen molar-refractivity contribution in [3.63, 3.8) is 0 Å². The number of hydrogen-bond acceptors (Lipinski definition) is 7. The minimum Gasteiger partial charge on any atom is -0.379 e. The Morgan fingerprint density at radius 1 is 1.16 bits per heavy atom. The van der Waals surface area contributed by atoms with Gasteiger partial charge in [0, 0.05) is 30.3 Å². The summed E-state index contributed by atoms with van der Waals surface area (Å²) in [5, 5.41) is 6.14. The molecule has 0 unspecified atom stereocenters. The molecule has 1 saturated heterocycles. The van der Waals surface area contributed by atoms with Gasteiger partial charge in [-0.1, -0.05) is 35.1 Å². The van der Waals surface area contributed by atoms with Crippen LogP contribution in [0.3, 0.4) is 0 Å². The smallest absolute Gasteiger partial charge is 0.144 e. The summed E-state index contributed by atoms with van der Waals surface area (Å²) in [5.74, 6) is 2.42. The van der Waals surface area contributed by atoms with E-state index in [1.807, 2.05) is 31.2 Å². The number of hydrogen-bond donors (Lipinski definition) is 0. The quantitative estimate of drug-likeness (QED) is 0.514. The third-order valence-corrected chi connectivity index (χ3v) is 5.14. The number of ether oxygens (including phenoxy) is 1. The molecular formula is C18H20N4O2S. The van der Waals surface area contributed by atoms with E-state index < -0.39 is 0 Å². The fourth-order valence-electron chi connectivity index (χ4n) is 2.86. The minimum atomic E-state index is 0.731. The molecule has 0 bridgehead atoms. The van der Waals surface area contributed by atoms with Crippen molar-refractivity contribution in [1.82, 2.24) is 20.0 Å². The van der Waals surface area contributed by atoms with E-state index in [1.54, 1.807) is 11.8 Å². The molecule has 1 aliphatic rings. The van der Waals surface area contributed by atoms with Gasteiger partial charge in [0.25, 0.3) is 0 Å². The van der Waals surface area contributed by atoms with Crippen LogP contribution in [0.5, 0.6) is 0 Å². The second-order valence-corrected chi connectivity index (χ2v) is 7.03. The summed E-state index contributed by atoms with van der Waals surface area (Å²) < 4.78 is 10.6. The summed E-state index contributed by atoms with van der Waals surface area (Å²) in [6.45, 7) is 6.07. The van der Waals surface area contributed by atoms with Crippen LogP contribution in [-0.4, -0.2) is 46.3 Å². The van der Waals surface area contributed by atoms with Gasteiger partial charge in [0.15, 0.2) is 0 Å². The number of morpholine rings is 1. The normalized spacial score (nSPS) is 15.7. The van der Waals surface area contributed by atoms with Gasteiger partial charge in [-0.15, -0.1) is 0 Å². The molecule has 1 aliphatic heterocycles. The minimum absolute atomic E-state index is 0.731. The molecule has 3 heterocycles. The van der Waals surface area contributed by atoms with E-state index in [9.17, 15) is 0 Å². The Kier molecular flexibility index (Phi) is 4.96. The first-order chi connectivity index (χ1) is 12.3. The molecule has 0 aliphatic carbocycles. The lowest BCUT2D eigenvalue weighted by Gasteiger charge is -2.25. The Morgan fingerprint density at radius 2 is 2.00 bits per heavy atom. The zero-order valence-corrected chi connectivity index (χ0v) is 15.0. The number of rotatable bonds is 5. The summed E-state index contributed by atoms with van der Waals surface area (Å²) in [6, 6.07) is 10.1. The van der Waals surface area contributed by atoms with Gasteiger partial charge in [0.2, 0.25) is 0 Å². The molecule has 1 aromatic carbocycles. The van der Waals surface area contributed by atoms with Gasteiger partial charge < -0.3 is 9.26 Å². The lowest BCUT2D eigenvalue weighted by atomic mass is 10.2. The Bertz CT molecular complexity index is 861. The zero-order valence-electron chi connectivity index (χ0n) is 14.1. The van der Waals surface area contributed by atoms with Crippen LogP contribution in [0.1, 0.15) is 17.3 Å². The first-order valence-corrected chi connectivity index (χ1v) is 9.37. The molecule has 0 atom stereocenters. The molecule has 0 amide bonds. The van der Waals surface area contributed by atoms with E-state index in [-0.39, 0.29) is 0 Å². The number of nitrogens with zero attached hydrogens (tertiary/aromatic N) is 4. The Hall–Kier alpha value is -1.96. The van der Waals surface area contributed by atoms with Crippen LogP contribution >= 0.6 is 11.8 Å².